The third-order valence-electron chi connectivity index (χ3n) is 4.33. The lowest BCUT2D eigenvalue weighted by molar-refractivity contribution is -0.128. The fourth-order valence-corrected chi connectivity index (χ4v) is 2.60. The topological polar surface area (TPSA) is 49.3 Å². The van der Waals surface area contributed by atoms with E-state index >= 15 is 0 Å². The lowest BCUT2D eigenvalue weighted by atomic mass is 10.0. The van der Waals surface area contributed by atoms with Gasteiger partial charge in [-0.2, -0.15) is 0 Å². The molecule has 0 aliphatic heterocycles. The molecule has 0 radical (unpaired) electrons. The van der Waals surface area contributed by atoms with E-state index in [1.54, 1.807) is 0 Å². The van der Waals surface area contributed by atoms with Gasteiger partial charge in [-0.05, 0) is 49.8 Å². The Balaban J connectivity index is 1.64. The van der Waals surface area contributed by atoms with Gasteiger partial charge in [-0.3, -0.25) is 4.79 Å². The number of aliphatic hydroxyl groups excluding tert-OH is 1. The van der Waals surface area contributed by atoms with Crippen LogP contribution in [0, 0.1) is 5.41 Å². The molecule has 19 heavy (non-hydrogen) atoms. The second-order valence-electron chi connectivity index (χ2n) is 5.98. The summed E-state index contributed by atoms with van der Waals surface area (Å²) in [6.45, 7) is -0.0319. The van der Waals surface area contributed by atoms with Crippen molar-refractivity contribution in [1.82, 2.24) is 5.32 Å². The Morgan fingerprint density at radius 2 is 1.84 bits per heavy atom. The van der Waals surface area contributed by atoms with E-state index in [0.29, 0.717) is 0 Å². The number of amides is 1. The Kier molecular flexibility index (Phi) is 3.06. The summed E-state index contributed by atoms with van der Waals surface area (Å²) in [5, 5.41) is 13.2. The molecule has 3 nitrogen and oxygen atoms in total. The molecule has 102 valence electrons. The zero-order valence-electron chi connectivity index (χ0n) is 10.8. The maximum atomic E-state index is 12.2. The molecule has 2 fully saturated rings. The maximum absolute atomic E-state index is 12.2. The quantitative estimate of drug-likeness (QED) is 0.869. The first-order valence-corrected chi connectivity index (χ1v) is 7.13. The highest BCUT2D eigenvalue weighted by Crippen LogP contribution is 2.47. The first-order valence-electron chi connectivity index (χ1n) is 6.76. The SMILES string of the molecule is O=C(NC1(Cc2ccc(Cl)cc2)CC1)C1(CO)CC1. The zero-order valence-corrected chi connectivity index (χ0v) is 11.5. The van der Waals surface area contributed by atoms with Crippen molar-refractivity contribution in [3.63, 3.8) is 0 Å². The molecular weight excluding hydrogens is 262 g/mol. The van der Waals surface area contributed by atoms with Gasteiger partial charge < -0.3 is 10.4 Å². The van der Waals surface area contributed by atoms with Crippen molar-refractivity contribution in [2.24, 2.45) is 5.41 Å². The number of hydrogen-bond donors (Lipinski definition) is 2. The minimum atomic E-state index is -0.477. The van der Waals surface area contributed by atoms with Crippen molar-refractivity contribution < 1.29 is 9.90 Å². The van der Waals surface area contributed by atoms with Gasteiger partial charge in [0.05, 0.1) is 12.0 Å². The molecule has 0 aromatic heterocycles. The average molecular weight is 280 g/mol. The van der Waals surface area contributed by atoms with E-state index in [2.05, 4.69) is 5.32 Å². The van der Waals surface area contributed by atoms with Crippen LogP contribution in [-0.4, -0.2) is 23.2 Å². The summed E-state index contributed by atoms with van der Waals surface area (Å²) in [7, 11) is 0. The summed E-state index contributed by atoms with van der Waals surface area (Å²) in [5.41, 5.74) is 0.627. The molecule has 1 aromatic rings. The largest absolute Gasteiger partial charge is 0.395 e. The number of carbonyl (C=O) groups excluding carboxylic acids is 1. The number of benzene rings is 1. The Morgan fingerprint density at radius 1 is 1.21 bits per heavy atom. The van der Waals surface area contributed by atoms with Crippen LogP contribution in [0.3, 0.4) is 0 Å². The smallest absolute Gasteiger partial charge is 0.228 e. The lowest BCUT2D eigenvalue weighted by Gasteiger charge is -2.21. The second-order valence-corrected chi connectivity index (χ2v) is 6.41. The number of hydrogen-bond acceptors (Lipinski definition) is 2. The predicted octanol–water partition coefficient (Wildman–Crippen LogP) is 2.30. The fraction of sp³-hybridized carbons (Fsp3) is 0.533. The highest BCUT2D eigenvalue weighted by atomic mass is 35.5. The Labute approximate surface area is 118 Å². The molecular formula is C15H18ClNO2. The predicted molar refractivity (Wildman–Crippen MR) is 74.0 cm³/mol. The third-order valence-corrected chi connectivity index (χ3v) is 4.58. The Bertz CT molecular complexity index is 489. The molecule has 1 amide bonds. The summed E-state index contributed by atoms with van der Waals surface area (Å²) in [6, 6.07) is 7.77. The van der Waals surface area contributed by atoms with Gasteiger partial charge in [-0.1, -0.05) is 23.7 Å². The number of aliphatic hydroxyl groups is 1. The fourth-order valence-electron chi connectivity index (χ4n) is 2.47. The molecule has 2 aliphatic carbocycles. The van der Waals surface area contributed by atoms with Gasteiger partial charge in [-0.25, -0.2) is 0 Å². The first-order chi connectivity index (χ1) is 9.07. The summed E-state index contributed by atoms with van der Waals surface area (Å²) >= 11 is 5.87. The first kappa shape index (κ1) is 12.9. The van der Waals surface area contributed by atoms with Gasteiger partial charge in [0.2, 0.25) is 5.91 Å². The van der Waals surface area contributed by atoms with Crippen molar-refractivity contribution in [3.05, 3.63) is 34.9 Å². The summed E-state index contributed by atoms with van der Waals surface area (Å²) < 4.78 is 0. The summed E-state index contributed by atoms with van der Waals surface area (Å²) in [4.78, 5) is 12.2. The van der Waals surface area contributed by atoms with Gasteiger partial charge in [0, 0.05) is 10.6 Å². The van der Waals surface area contributed by atoms with Crippen LogP contribution in [0.15, 0.2) is 24.3 Å². The van der Waals surface area contributed by atoms with Crippen LogP contribution in [0.5, 0.6) is 0 Å². The van der Waals surface area contributed by atoms with Crippen LogP contribution in [-0.2, 0) is 11.2 Å². The van der Waals surface area contributed by atoms with Crippen molar-refractivity contribution >= 4 is 17.5 Å². The van der Waals surface area contributed by atoms with Crippen LogP contribution < -0.4 is 5.32 Å². The molecule has 0 unspecified atom stereocenters. The van der Waals surface area contributed by atoms with E-state index in [4.69, 9.17) is 11.6 Å². The van der Waals surface area contributed by atoms with Crippen LogP contribution >= 0.6 is 11.6 Å². The molecule has 0 saturated heterocycles. The van der Waals surface area contributed by atoms with Crippen molar-refractivity contribution in [1.29, 1.82) is 0 Å². The Morgan fingerprint density at radius 3 is 2.32 bits per heavy atom. The molecule has 0 spiro atoms. The van der Waals surface area contributed by atoms with Gasteiger partial charge >= 0.3 is 0 Å². The summed E-state index contributed by atoms with van der Waals surface area (Å²) in [5.74, 6) is 0.0291. The van der Waals surface area contributed by atoms with Crippen molar-refractivity contribution in [2.45, 2.75) is 37.6 Å². The van der Waals surface area contributed by atoms with E-state index in [-0.39, 0.29) is 18.1 Å². The standard InChI is InChI=1S/C15H18ClNO2/c16-12-3-1-11(2-4-12)9-15(7-8-15)17-13(19)14(10-18)5-6-14/h1-4,18H,5-10H2,(H,17,19). The van der Waals surface area contributed by atoms with Crippen molar-refractivity contribution in [3.8, 4) is 0 Å². The van der Waals surface area contributed by atoms with Gasteiger partial charge in [-0.15, -0.1) is 0 Å². The lowest BCUT2D eigenvalue weighted by Crippen LogP contribution is -2.43. The summed E-state index contributed by atoms with van der Waals surface area (Å²) in [6.07, 6.45) is 4.50. The van der Waals surface area contributed by atoms with E-state index in [0.717, 1.165) is 37.1 Å². The van der Waals surface area contributed by atoms with Crippen LogP contribution in [0.25, 0.3) is 0 Å². The average Bonchev–Trinajstić information content (AvgIpc) is 3.29. The minimum Gasteiger partial charge on any atom is -0.395 e. The third kappa shape index (κ3) is 2.63. The maximum Gasteiger partial charge on any atom is 0.228 e. The highest BCUT2D eigenvalue weighted by molar-refractivity contribution is 6.30. The van der Waals surface area contributed by atoms with E-state index in [1.807, 2.05) is 24.3 Å². The van der Waals surface area contributed by atoms with Crippen LogP contribution in [0.1, 0.15) is 31.2 Å². The van der Waals surface area contributed by atoms with Gasteiger partial charge in [0.15, 0.2) is 0 Å². The van der Waals surface area contributed by atoms with E-state index < -0.39 is 5.41 Å². The number of rotatable bonds is 5. The highest BCUT2D eigenvalue weighted by Gasteiger charge is 2.53. The molecule has 3 rings (SSSR count). The molecule has 2 aliphatic rings. The molecule has 0 atom stereocenters. The molecule has 4 heteroatoms. The molecule has 2 saturated carbocycles. The Hall–Kier alpha value is -1.06. The van der Waals surface area contributed by atoms with E-state index in [1.165, 1.54) is 5.56 Å². The molecule has 0 bridgehead atoms. The van der Waals surface area contributed by atoms with Gasteiger partial charge in [0.25, 0.3) is 0 Å². The second kappa shape index (κ2) is 4.50. The van der Waals surface area contributed by atoms with Crippen LogP contribution in [0.2, 0.25) is 5.02 Å². The van der Waals surface area contributed by atoms with Gasteiger partial charge in [0.1, 0.15) is 0 Å². The van der Waals surface area contributed by atoms with E-state index in [9.17, 15) is 9.90 Å². The zero-order chi connectivity index (χ0) is 13.5. The molecule has 2 N–H and O–H groups in total. The molecule has 1 aromatic carbocycles. The van der Waals surface area contributed by atoms with Crippen LogP contribution in [0.4, 0.5) is 0 Å². The number of halogens is 1. The minimum absolute atomic E-state index is 0.0291. The number of carbonyl (C=O) groups is 1. The normalized spacial score (nSPS) is 21.8. The monoisotopic (exact) mass is 279 g/mol. The van der Waals surface area contributed by atoms with Crippen molar-refractivity contribution in [2.75, 3.05) is 6.61 Å². The number of nitrogens with one attached hydrogen (secondary N) is 1. The molecule has 0 heterocycles.